The number of carboxylic acids is 1. The molecule has 0 aliphatic rings. The van der Waals surface area contributed by atoms with Gasteiger partial charge in [-0.1, -0.05) is 0 Å². The Morgan fingerprint density at radius 3 is 2.65 bits per heavy atom. The Morgan fingerprint density at radius 2 is 2.10 bits per heavy atom. The van der Waals surface area contributed by atoms with Gasteiger partial charge in [0.15, 0.2) is 5.82 Å². The lowest BCUT2D eigenvalue weighted by Crippen LogP contribution is -2.28. The number of pyridine rings is 1. The molecule has 1 N–H and O–H groups in total. The van der Waals surface area contributed by atoms with Gasteiger partial charge in [-0.05, 0) is 40.2 Å². The first-order chi connectivity index (χ1) is 9.34. The first-order valence-electron chi connectivity index (χ1n) is 5.26. The van der Waals surface area contributed by atoms with Crippen molar-refractivity contribution >= 4 is 49.1 Å². The molecular formula is C11H9BrN2O4S2. The summed E-state index contributed by atoms with van der Waals surface area (Å²) in [5, 5.41) is 9.09. The van der Waals surface area contributed by atoms with E-state index in [2.05, 4.69) is 20.9 Å². The third kappa shape index (κ3) is 2.69. The summed E-state index contributed by atoms with van der Waals surface area (Å²) in [6.07, 6.45) is 1.35. The zero-order valence-electron chi connectivity index (χ0n) is 10.1. The van der Waals surface area contributed by atoms with E-state index in [0.717, 1.165) is 15.6 Å². The third-order valence-corrected chi connectivity index (χ3v) is 6.32. The molecule has 0 aliphatic carbocycles. The van der Waals surface area contributed by atoms with Crippen molar-refractivity contribution in [2.75, 3.05) is 11.4 Å². The van der Waals surface area contributed by atoms with Crippen LogP contribution in [0, 0.1) is 0 Å². The minimum Gasteiger partial charge on any atom is -0.478 e. The largest absolute Gasteiger partial charge is 0.478 e. The van der Waals surface area contributed by atoms with Crippen LogP contribution in [0.15, 0.2) is 38.5 Å². The van der Waals surface area contributed by atoms with Crippen LogP contribution >= 0.6 is 27.3 Å². The first-order valence-corrected chi connectivity index (χ1v) is 8.31. The van der Waals surface area contributed by atoms with E-state index in [1.807, 2.05) is 0 Å². The molecule has 20 heavy (non-hydrogen) atoms. The molecule has 0 saturated heterocycles. The number of thiophene rings is 1. The summed E-state index contributed by atoms with van der Waals surface area (Å²) in [7, 11) is -2.56. The summed E-state index contributed by atoms with van der Waals surface area (Å²) in [5.74, 6) is -1.35. The van der Waals surface area contributed by atoms with E-state index >= 15 is 0 Å². The van der Waals surface area contributed by atoms with E-state index in [4.69, 9.17) is 5.11 Å². The number of carbonyl (C=O) groups is 1. The highest BCUT2D eigenvalue weighted by Gasteiger charge is 2.27. The molecule has 0 spiro atoms. The van der Waals surface area contributed by atoms with Gasteiger partial charge in [0.1, 0.15) is 9.77 Å². The topological polar surface area (TPSA) is 87.6 Å². The number of hydrogen-bond acceptors (Lipinski definition) is 5. The van der Waals surface area contributed by atoms with Crippen molar-refractivity contribution in [3.8, 4) is 0 Å². The molecule has 0 bridgehead atoms. The van der Waals surface area contributed by atoms with Crippen molar-refractivity contribution in [2.24, 2.45) is 0 Å². The maximum absolute atomic E-state index is 12.4. The zero-order chi connectivity index (χ0) is 14.9. The summed E-state index contributed by atoms with van der Waals surface area (Å²) >= 11 is 4.24. The van der Waals surface area contributed by atoms with E-state index in [1.165, 1.54) is 31.4 Å². The van der Waals surface area contributed by atoms with Crippen LogP contribution in [0.4, 0.5) is 5.82 Å². The monoisotopic (exact) mass is 376 g/mol. The predicted octanol–water partition coefficient (Wildman–Crippen LogP) is 2.43. The summed E-state index contributed by atoms with van der Waals surface area (Å²) < 4.78 is 26.5. The Labute approximate surface area is 127 Å². The molecule has 0 amide bonds. The lowest BCUT2D eigenvalue weighted by Gasteiger charge is -2.18. The molecule has 6 nitrogen and oxygen atoms in total. The second-order valence-electron chi connectivity index (χ2n) is 3.71. The number of anilines is 1. The normalized spacial score (nSPS) is 11.3. The van der Waals surface area contributed by atoms with Crippen LogP contribution in [0.3, 0.4) is 0 Å². The van der Waals surface area contributed by atoms with E-state index in [-0.39, 0.29) is 15.6 Å². The molecule has 2 aromatic heterocycles. The Bertz CT molecular complexity index is 757. The number of halogens is 1. The Hall–Kier alpha value is -1.45. The summed E-state index contributed by atoms with van der Waals surface area (Å²) in [6.45, 7) is 0. The van der Waals surface area contributed by atoms with Crippen LogP contribution in [-0.2, 0) is 10.0 Å². The summed E-state index contributed by atoms with van der Waals surface area (Å²) in [5.41, 5.74) is -0.172. The molecule has 2 aromatic rings. The number of aromatic carboxylic acids is 1. The van der Waals surface area contributed by atoms with Gasteiger partial charge < -0.3 is 5.11 Å². The standard InChI is InChI=1S/C11H9BrN2O4S2/c1-14(10-7(11(15)16)3-2-6-13-10)20(17,18)9-5-4-8(12)19-9/h2-6H,1H3,(H,15,16). The van der Waals surface area contributed by atoms with Crippen LogP contribution < -0.4 is 4.31 Å². The molecule has 9 heteroatoms. The number of hydrogen-bond donors (Lipinski definition) is 1. The number of carboxylic acid groups (broad SMARTS) is 1. The zero-order valence-corrected chi connectivity index (χ0v) is 13.4. The summed E-state index contributed by atoms with van der Waals surface area (Å²) in [4.78, 5) is 15.0. The number of sulfonamides is 1. The minimum atomic E-state index is -3.83. The van der Waals surface area contributed by atoms with Gasteiger partial charge in [0.2, 0.25) is 0 Å². The lowest BCUT2D eigenvalue weighted by atomic mass is 10.2. The van der Waals surface area contributed by atoms with Crippen molar-refractivity contribution in [1.82, 2.24) is 4.98 Å². The molecule has 0 fully saturated rings. The number of rotatable bonds is 4. The highest BCUT2D eigenvalue weighted by atomic mass is 79.9. The van der Waals surface area contributed by atoms with E-state index in [9.17, 15) is 13.2 Å². The van der Waals surface area contributed by atoms with E-state index in [0.29, 0.717) is 3.79 Å². The number of nitrogens with zero attached hydrogens (tertiary/aromatic N) is 2. The fourth-order valence-electron chi connectivity index (χ4n) is 1.50. The molecule has 2 rings (SSSR count). The average Bonchev–Trinajstić information content (AvgIpc) is 2.85. The molecule has 0 atom stereocenters. The van der Waals surface area contributed by atoms with Gasteiger partial charge >= 0.3 is 5.97 Å². The quantitative estimate of drug-likeness (QED) is 0.884. The van der Waals surface area contributed by atoms with Gasteiger partial charge in [-0.25, -0.2) is 18.2 Å². The van der Waals surface area contributed by atoms with Crippen LogP contribution in [0.1, 0.15) is 10.4 Å². The van der Waals surface area contributed by atoms with E-state index in [1.54, 1.807) is 6.07 Å². The maximum atomic E-state index is 12.4. The van der Waals surface area contributed by atoms with Crippen molar-refractivity contribution in [1.29, 1.82) is 0 Å². The minimum absolute atomic E-state index is 0.105. The molecule has 2 heterocycles. The average molecular weight is 377 g/mol. The maximum Gasteiger partial charge on any atom is 0.339 e. The molecular weight excluding hydrogens is 368 g/mol. The van der Waals surface area contributed by atoms with Gasteiger partial charge in [-0.15, -0.1) is 11.3 Å². The van der Waals surface area contributed by atoms with Crippen molar-refractivity contribution < 1.29 is 18.3 Å². The molecule has 106 valence electrons. The van der Waals surface area contributed by atoms with Crippen molar-refractivity contribution in [2.45, 2.75) is 4.21 Å². The third-order valence-electron chi connectivity index (χ3n) is 2.48. The second kappa shape index (κ2) is 5.51. The van der Waals surface area contributed by atoms with Crippen LogP contribution in [0.25, 0.3) is 0 Å². The number of aromatic nitrogens is 1. The highest BCUT2D eigenvalue weighted by molar-refractivity contribution is 9.11. The van der Waals surface area contributed by atoms with Crippen molar-refractivity contribution in [3.05, 3.63) is 39.8 Å². The SMILES string of the molecule is CN(c1ncccc1C(=O)O)S(=O)(=O)c1ccc(Br)s1. The fourth-order valence-corrected chi connectivity index (χ4v) is 4.85. The molecule has 0 radical (unpaired) electrons. The fraction of sp³-hybridized carbons (Fsp3) is 0.0909. The Kier molecular flexibility index (Phi) is 4.11. The highest BCUT2D eigenvalue weighted by Crippen LogP contribution is 2.30. The van der Waals surface area contributed by atoms with Gasteiger partial charge in [-0.2, -0.15) is 0 Å². The lowest BCUT2D eigenvalue weighted by molar-refractivity contribution is 0.0697. The summed E-state index contributed by atoms with van der Waals surface area (Å²) in [6, 6.07) is 5.81. The Morgan fingerprint density at radius 1 is 1.40 bits per heavy atom. The van der Waals surface area contributed by atoms with Gasteiger partial charge in [0.05, 0.1) is 3.79 Å². The van der Waals surface area contributed by atoms with Crippen molar-refractivity contribution in [3.63, 3.8) is 0 Å². The molecule has 0 saturated carbocycles. The van der Waals surface area contributed by atoms with E-state index < -0.39 is 16.0 Å². The molecule has 0 unspecified atom stereocenters. The van der Waals surface area contributed by atoms with Crippen LogP contribution in [0.5, 0.6) is 0 Å². The van der Waals surface area contributed by atoms with Gasteiger partial charge in [0.25, 0.3) is 10.0 Å². The Balaban J connectivity index is 2.51. The van der Waals surface area contributed by atoms with Crippen LogP contribution in [-0.4, -0.2) is 31.5 Å². The predicted molar refractivity (Wildman–Crippen MR) is 78.8 cm³/mol. The van der Waals surface area contributed by atoms with Gasteiger partial charge in [0, 0.05) is 13.2 Å². The smallest absolute Gasteiger partial charge is 0.339 e. The first kappa shape index (κ1) is 14.9. The second-order valence-corrected chi connectivity index (χ2v) is 8.37. The van der Waals surface area contributed by atoms with Crippen LogP contribution in [0.2, 0.25) is 0 Å². The molecule has 0 aliphatic heterocycles. The van der Waals surface area contributed by atoms with Gasteiger partial charge in [-0.3, -0.25) is 4.31 Å². The molecule has 0 aromatic carbocycles.